The molecule has 1 aromatic heterocycles. The Balaban J connectivity index is 1.73. The molecule has 0 bridgehead atoms. The van der Waals surface area contributed by atoms with E-state index in [1.165, 1.54) is 0 Å². The molecule has 2 N–H and O–H groups in total. The van der Waals surface area contributed by atoms with Crippen molar-refractivity contribution in [3.8, 4) is 11.3 Å². The van der Waals surface area contributed by atoms with Crippen LogP contribution in [0.1, 0.15) is 35.7 Å². The molecule has 1 aromatic carbocycles. The lowest BCUT2D eigenvalue weighted by molar-refractivity contribution is -0.00593. The highest BCUT2D eigenvalue weighted by Crippen LogP contribution is 2.44. The van der Waals surface area contributed by atoms with Crippen molar-refractivity contribution >= 4 is 16.7 Å². The quantitative estimate of drug-likeness (QED) is 0.847. The monoisotopic (exact) mass is 392 g/mol. The van der Waals surface area contributed by atoms with Crippen LogP contribution in [-0.4, -0.2) is 39.3 Å². The van der Waals surface area contributed by atoms with E-state index in [1.54, 1.807) is 6.26 Å². The molecule has 1 fully saturated rings. The van der Waals surface area contributed by atoms with E-state index in [1.807, 2.05) is 29.2 Å². The summed E-state index contributed by atoms with van der Waals surface area (Å²) in [7, 11) is -0.984. The minimum atomic E-state index is -2.90. The highest BCUT2D eigenvalue weighted by atomic mass is 32.2. The van der Waals surface area contributed by atoms with Gasteiger partial charge in [0.05, 0.1) is 5.69 Å². The second kappa shape index (κ2) is 6.91. The Kier molecular flexibility index (Phi) is 4.71. The first-order valence-corrected chi connectivity index (χ1v) is 10.8. The molecule has 1 aliphatic carbocycles. The maximum atomic E-state index is 14.3. The van der Waals surface area contributed by atoms with Gasteiger partial charge >= 0.3 is 0 Å². The van der Waals surface area contributed by atoms with Crippen LogP contribution in [0.2, 0.25) is 0 Å². The Hall–Kier alpha value is -1.93. The van der Waals surface area contributed by atoms with E-state index >= 15 is 0 Å². The standard InChI is InChI=1S/C19H22F2N4OS/c1-27(26)11-15(22)12-3-5-13(6-4-12)16-14-7-8-19(20,21)17(14)24-18(23-16)25-9-2-10-25/h3-6,15H,2,7-11,22H2,1H3. The van der Waals surface area contributed by atoms with Crippen LogP contribution >= 0.6 is 0 Å². The van der Waals surface area contributed by atoms with Crippen LogP contribution < -0.4 is 10.6 Å². The number of rotatable bonds is 5. The minimum absolute atomic E-state index is 0.128. The molecule has 5 nitrogen and oxygen atoms in total. The molecular weight excluding hydrogens is 370 g/mol. The lowest BCUT2D eigenvalue weighted by Crippen LogP contribution is -2.38. The fraction of sp³-hybridized carbons (Fsp3) is 0.474. The van der Waals surface area contributed by atoms with E-state index in [-0.39, 0.29) is 24.6 Å². The number of fused-ring (bicyclic) bond motifs is 1. The van der Waals surface area contributed by atoms with E-state index < -0.39 is 16.7 Å². The Morgan fingerprint density at radius 2 is 1.96 bits per heavy atom. The number of halogens is 2. The van der Waals surface area contributed by atoms with Gasteiger partial charge in [0.15, 0.2) is 0 Å². The first-order chi connectivity index (χ1) is 12.8. The predicted molar refractivity (Wildman–Crippen MR) is 102 cm³/mol. The van der Waals surface area contributed by atoms with E-state index in [4.69, 9.17) is 5.73 Å². The third-order valence-electron chi connectivity index (χ3n) is 5.20. The maximum absolute atomic E-state index is 14.3. The average molecular weight is 392 g/mol. The van der Waals surface area contributed by atoms with Gasteiger partial charge in [-0.05, 0) is 18.4 Å². The van der Waals surface area contributed by atoms with Crippen molar-refractivity contribution in [1.29, 1.82) is 0 Å². The summed E-state index contributed by atoms with van der Waals surface area (Å²) < 4.78 is 40.0. The number of benzene rings is 1. The van der Waals surface area contributed by atoms with Crippen LogP contribution in [-0.2, 0) is 23.1 Å². The Labute approximate surface area is 159 Å². The number of aromatic nitrogens is 2. The van der Waals surface area contributed by atoms with Gasteiger partial charge in [-0.1, -0.05) is 24.3 Å². The summed E-state index contributed by atoms with van der Waals surface area (Å²) in [5, 5.41) is 0. The van der Waals surface area contributed by atoms with Crippen molar-refractivity contribution in [2.45, 2.75) is 31.2 Å². The molecule has 144 valence electrons. The summed E-state index contributed by atoms with van der Waals surface area (Å²) in [5.74, 6) is -2.13. The summed E-state index contributed by atoms with van der Waals surface area (Å²) in [5.41, 5.74) is 8.71. The number of anilines is 1. The van der Waals surface area contributed by atoms with Gasteiger partial charge in [0.25, 0.3) is 5.92 Å². The lowest BCUT2D eigenvalue weighted by Gasteiger charge is -2.31. The summed E-state index contributed by atoms with van der Waals surface area (Å²) in [6.45, 7) is 1.59. The molecule has 27 heavy (non-hydrogen) atoms. The van der Waals surface area contributed by atoms with E-state index in [2.05, 4.69) is 9.97 Å². The number of alkyl halides is 2. The van der Waals surface area contributed by atoms with Crippen LogP contribution in [0.5, 0.6) is 0 Å². The predicted octanol–water partition coefficient (Wildman–Crippen LogP) is 2.77. The number of nitrogens with two attached hydrogens (primary N) is 1. The molecule has 2 aliphatic rings. The van der Waals surface area contributed by atoms with Gasteiger partial charge in [-0.2, -0.15) is 8.78 Å². The second-order valence-electron chi connectivity index (χ2n) is 7.21. The van der Waals surface area contributed by atoms with Gasteiger partial charge in [-0.3, -0.25) is 4.21 Å². The Morgan fingerprint density at radius 1 is 1.26 bits per heavy atom. The molecule has 0 saturated carbocycles. The van der Waals surface area contributed by atoms with Crippen LogP contribution in [0.15, 0.2) is 24.3 Å². The SMILES string of the molecule is CS(=O)CC(N)c1ccc(-c2nc(N3CCC3)nc3c2CCC3(F)F)cc1. The first kappa shape index (κ1) is 18.4. The van der Waals surface area contributed by atoms with Crippen LogP contribution in [0.3, 0.4) is 0 Å². The van der Waals surface area contributed by atoms with E-state index in [0.717, 1.165) is 30.6 Å². The second-order valence-corrected chi connectivity index (χ2v) is 8.69. The van der Waals surface area contributed by atoms with Crippen LogP contribution in [0.25, 0.3) is 11.3 Å². The first-order valence-electron chi connectivity index (χ1n) is 9.05. The highest BCUT2D eigenvalue weighted by Gasteiger charge is 2.43. The third kappa shape index (κ3) is 3.48. The van der Waals surface area contributed by atoms with Crippen molar-refractivity contribution in [1.82, 2.24) is 9.97 Å². The Morgan fingerprint density at radius 3 is 2.56 bits per heavy atom. The summed E-state index contributed by atoms with van der Waals surface area (Å²) >= 11 is 0. The van der Waals surface area contributed by atoms with Gasteiger partial charge in [-0.15, -0.1) is 0 Å². The zero-order valence-corrected chi connectivity index (χ0v) is 15.9. The number of hydrogen-bond donors (Lipinski definition) is 1. The molecule has 2 unspecified atom stereocenters. The molecule has 2 heterocycles. The number of nitrogens with zero attached hydrogens (tertiary/aromatic N) is 3. The van der Waals surface area contributed by atoms with Crippen molar-refractivity contribution in [3.05, 3.63) is 41.1 Å². The van der Waals surface area contributed by atoms with Crippen molar-refractivity contribution in [3.63, 3.8) is 0 Å². The van der Waals surface area contributed by atoms with Crippen LogP contribution in [0.4, 0.5) is 14.7 Å². The number of hydrogen-bond acceptors (Lipinski definition) is 5. The van der Waals surface area contributed by atoms with Gasteiger partial charge in [0, 0.05) is 59.5 Å². The maximum Gasteiger partial charge on any atom is 0.290 e. The fourth-order valence-electron chi connectivity index (χ4n) is 3.55. The zero-order valence-electron chi connectivity index (χ0n) is 15.1. The molecule has 4 rings (SSSR count). The van der Waals surface area contributed by atoms with E-state index in [0.29, 0.717) is 23.0 Å². The van der Waals surface area contributed by atoms with Gasteiger partial charge in [-0.25, -0.2) is 9.97 Å². The fourth-order valence-corrected chi connectivity index (χ4v) is 4.24. The third-order valence-corrected chi connectivity index (χ3v) is 6.02. The van der Waals surface area contributed by atoms with Crippen molar-refractivity contribution in [2.75, 3.05) is 30.0 Å². The van der Waals surface area contributed by atoms with Crippen LogP contribution in [0, 0.1) is 0 Å². The summed E-state index contributed by atoms with van der Waals surface area (Å²) in [4.78, 5) is 10.8. The van der Waals surface area contributed by atoms with Gasteiger partial charge in [0.2, 0.25) is 5.95 Å². The molecule has 1 aliphatic heterocycles. The van der Waals surface area contributed by atoms with Crippen molar-refractivity contribution < 1.29 is 13.0 Å². The highest BCUT2D eigenvalue weighted by molar-refractivity contribution is 7.84. The zero-order chi connectivity index (χ0) is 19.2. The molecule has 2 aromatic rings. The molecule has 1 saturated heterocycles. The van der Waals surface area contributed by atoms with Crippen molar-refractivity contribution in [2.24, 2.45) is 5.73 Å². The smallest absolute Gasteiger partial charge is 0.290 e. The average Bonchev–Trinajstić information content (AvgIpc) is 2.88. The molecular formula is C19H22F2N4OS. The van der Waals surface area contributed by atoms with Gasteiger partial charge < -0.3 is 10.6 Å². The molecule has 0 spiro atoms. The Bertz CT molecular complexity index is 884. The minimum Gasteiger partial charge on any atom is -0.341 e. The van der Waals surface area contributed by atoms with E-state index in [9.17, 15) is 13.0 Å². The molecule has 8 heteroatoms. The molecule has 0 amide bonds. The largest absolute Gasteiger partial charge is 0.341 e. The summed E-state index contributed by atoms with van der Waals surface area (Å²) in [6, 6.07) is 7.11. The molecule has 0 radical (unpaired) electrons. The molecule has 2 atom stereocenters. The topological polar surface area (TPSA) is 72.1 Å². The normalized spacial score (nSPS) is 20.1. The summed E-state index contributed by atoms with van der Waals surface area (Å²) in [6.07, 6.45) is 2.69. The van der Waals surface area contributed by atoms with Gasteiger partial charge in [0.1, 0.15) is 5.69 Å². The lowest BCUT2D eigenvalue weighted by atomic mass is 10.0.